The minimum Gasteiger partial charge on any atom is -0.328 e. The van der Waals surface area contributed by atoms with Gasteiger partial charge in [0, 0.05) is 36.0 Å². The Balaban J connectivity index is 0.00000288. The molecule has 0 aliphatic carbocycles. The first-order chi connectivity index (χ1) is 10.9. The highest BCUT2D eigenvalue weighted by atomic mass is 35.5. The summed E-state index contributed by atoms with van der Waals surface area (Å²) in [6.07, 6.45) is 1.03. The van der Waals surface area contributed by atoms with Crippen molar-refractivity contribution in [2.24, 2.45) is 5.73 Å². The Kier molecular flexibility index (Phi) is 7.84. The zero-order valence-corrected chi connectivity index (χ0v) is 15.2. The molecule has 0 bridgehead atoms. The summed E-state index contributed by atoms with van der Waals surface area (Å²) in [7, 11) is 0. The van der Waals surface area contributed by atoms with Crippen molar-refractivity contribution in [3.8, 4) is 11.3 Å². The fraction of sp³-hybridized carbons (Fsp3) is 0.312. The Bertz CT molecular complexity index is 686. The molecule has 1 aromatic carbocycles. The molecule has 0 radical (unpaired) electrons. The van der Waals surface area contributed by atoms with E-state index in [4.69, 9.17) is 5.73 Å². The van der Waals surface area contributed by atoms with Crippen LogP contribution in [-0.4, -0.2) is 22.8 Å². The van der Waals surface area contributed by atoms with Gasteiger partial charge in [-0.05, 0) is 25.5 Å². The molecule has 0 saturated heterocycles. The van der Waals surface area contributed by atoms with Crippen LogP contribution >= 0.6 is 23.7 Å². The fourth-order valence-corrected chi connectivity index (χ4v) is 2.67. The predicted molar refractivity (Wildman–Crippen MR) is 101 cm³/mol. The lowest BCUT2D eigenvalue weighted by atomic mass is 10.1. The maximum absolute atomic E-state index is 11.8. The number of amides is 2. The smallest absolute Gasteiger partial charge is 0.226 e. The average molecular weight is 369 g/mol. The van der Waals surface area contributed by atoms with E-state index in [-0.39, 0.29) is 30.3 Å². The monoisotopic (exact) mass is 368 g/mol. The van der Waals surface area contributed by atoms with Gasteiger partial charge in [0.15, 0.2) is 5.13 Å². The Morgan fingerprint density at radius 3 is 2.50 bits per heavy atom. The van der Waals surface area contributed by atoms with Gasteiger partial charge in [0.05, 0.1) is 5.69 Å². The molecule has 2 rings (SSSR count). The third kappa shape index (κ3) is 6.27. The molecule has 2 amide bonds. The zero-order chi connectivity index (χ0) is 16.8. The molecule has 1 heterocycles. The van der Waals surface area contributed by atoms with Gasteiger partial charge >= 0.3 is 0 Å². The zero-order valence-electron chi connectivity index (χ0n) is 13.5. The number of carbonyl (C=O) groups is 2. The van der Waals surface area contributed by atoms with Crippen molar-refractivity contribution in [3.63, 3.8) is 0 Å². The summed E-state index contributed by atoms with van der Waals surface area (Å²) in [6.45, 7) is 3.34. The molecule has 1 aromatic heterocycles. The van der Waals surface area contributed by atoms with Crippen molar-refractivity contribution in [3.05, 3.63) is 29.6 Å². The van der Waals surface area contributed by atoms with Crippen LogP contribution in [0.15, 0.2) is 29.6 Å². The number of benzene rings is 1. The fourth-order valence-electron chi connectivity index (χ4n) is 1.93. The normalized spacial score (nSPS) is 11.3. The highest BCUT2D eigenvalue weighted by molar-refractivity contribution is 7.14. The van der Waals surface area contributed by atoms with Crippen LogP contribution in [0, 0.1) is 0 Å². The van der Waals surface area contributed by atoms with Crippen LogP contribution in [0.1, 0.15) is 26.7 Å². The minimum atomic E-state index is -0.108. The summed E-state index contributed by atoms with van der Waals surface area (Å²) in [5.41, 5.74) is 8.08. The summed E-state index contributed by atoms with van der Waals surface area (Å²) in [6, 6.07) is 7.40. The molecule has 0 saturated carbocycles. The van der Waals surface area contributed by atoms with E-state index in [0.717, 1.165) is 16.9 Å². The van der Waals surface area contributed by atoms with E-state index in [9.17, 15) is 9.59 Å². The first kappa shape index (κ1) is 20.1. The van der Waals surface area contributed by atoms with Crippen LogP contribution in [0.5, 0.6) is 0 Å². The van der Waals surface area contributed by atoms with Crippen molar-refractivity contribution in [1.29, 1.82) is 0 Å². The maximum atomic E-state index is 11.8. The lowest BCUT2D eigenvalue weighted by Gasteiger charge is -2.04. The number of carbonyl (C=O) groups excluding carboxylic acids is 2. The van der Waals surface area contributed by atoms with Crippen LogP contribution in [0.4, 0.5) is 10.8 Å². The lowest BCUT2D eigenvalue weighted by molar-refractivity contribution is -0.116. The van der Waals surface area contributed by atoms with Crippen molar-refractivity contribution in [2.75, 3.05) is 10.6 Å². The van der Waals surface area contributed by atoms with E-state index in [2.05, 4.69) is 15.6 Å². The maximum Gasteiger partial charge on any atom is 0.226 e. The molecular formula is C16H21ClN4O2S. The number of hydrogen-bond donors (Lipinski definition) is 3. The van der Waals surface area contributed by atoms with E-state index in [1.54, 1.807) is 0 Å². The minimum absolute atomic E-state index is 0. The first-order valence-electron chi connectivity index (χ1n) is 7.33. The number of nitrogens with zero attached hydrogens (tertiary/aromatic N) is 1. The summed E-state index contributed by atoms with van der Waals surface area (Å²) < 4.78 is 0. The molecule has 1 unspecified atom stereocenters. The van der Waals surface area contributed by atoms with E-state index >= 15 is 0 Å². The molecule has 0 aliphatic heterocycles. The van der Waals surface area contributed by atoms with Gasteiger partial charge in [0.25, 0.3) is 0 Å². The van der Waals surface area contributed by atoms with Gasteiger partial charge in [-0.1, -0.05) is 12.1 Å². The number of nitrogens with two attached hydrogens (primary N) is 1. The van der Waals surface area contributed by atoms with Gasteiger partial charge in [-0.25, -0.2) is 4.98 Å². The molecule has 0 fully saturated rings. The number of rotatable bonds is 6. The summed E-state index contributed by atoms with van der Waals surface area (Å²) in [5, 5.41) is 7.95. The van der Waals surface area contributed by atoms with Crippen molar-refractivity contribution < 1.29 is 9.59 Å². The number of hydrogen-bond acceptors (Lipinski definition) is 5. The Labute approximate surface area is 151 Å². The van der Waals surface area contributed by atoms with Crippen LogP contribution in [0.3, 0.4) is 0 Å². The highest BCUT2D eigenvalue weighted by Crippen LogP contribution is 2.26. The van der Waals surface area contributed by atoms with Gasteiger partial charge in [-0.15, -0.1) is 23.7 Å². The van der Waals surface area contributed by atoms with Gasteiger partial charge in [0.2, 0.25) is 11.8 Å². The Morgan fingerprint density at radius 2 is 1.92 bits per heavy atom. The average Bonchev–Trinajstić information content (AvgIpc) is 2.94. The first-order valence-corrected chi connectivity index (χ1v) is 8.21. The summed E-state index contributed by atoms with van der Waals surface area (Å²) in [5.74, 6) is -0.188. The second-order valence-electron chi connectivity index (χ2n) is 5.36. The predicted octanol–water partition coefficient (Wildman–Crippen LogP) is 3.26. The number of thiazole rings is 1. The third-order valence-corrected chi connectivity index (χ3v) is 3.84. The summed E-state index contributed by atoms with van der Waals surface area (Å²) in [4.78, 5) is 27.2. The van der Waals surface area contributed by atoms with E-state index in [1.165, 1.54) is 18.3 Å². The topological polar surface area (TPSA) is 97.1 Å². The van der Waals surface area contributed by atoms with Crippen LogP contribution < -0.4 is 16.4 Å². The number of aromatic nitrogens is 1. The quantitative estimate of drug-likeness (QED) is 0.728. The van der Waals surface area contributed by atoms with Gasteiger partial charge in [0.1, 0.15) is 0 Å². The van der Waals surface area contributed by atoms with Gasteiger partial charge in [-0.3, -0.25) is 9.59 Å². The SMILES string of the molecule is CC(=O)Nc1ccc(-c2csc(NC(=O)CCC(C)N)n2)cc1.Cl. The summed E-state index contributed by atoms with van der Waals surface area (Å²) >= 11 is 1.38. The number of anilines is 2. The van der Waals surface area contributed by atoms with E-state index in [0.29, 0.717) is 18.0 Å². The standard InChI is InChI=1S/C16H20N4O2S.ClH/c1-10(17)3-8-15(22)20-16-19-14(9-23-16)12-4-6-13(7-5-12)18-11(2)21;/h4-7,9-10H,3,8,17H2,1-2H3,(H,18,21)(H,19,20,22);1H. The van der Waals surface area contributed by atoms with Crippen molar-refractivity contribution in [1.82, 2.24) is 4.98 Å². The molecule has 1 atom stereocenters. The lowest BCUT2D eigenvalue weighted by Crippen LogP contribution is -2.19. The molecular weight excluding hydrogens is 348 g/mol. The van der Waals surface area contributed by atoms with Crippen LogP contribution in [-0.2, 0) is 9.59 Å². The van der Waals surface area contributed by atoms with Gasteiger partial charge < -0.3 is 16.4 Å². The largest absolute Gasteiger partial charge is 0.328 e. The number of nitrogens with one attached hydrogen (secondary N) is 2. The Morgan fingerprint density at radius 1 is 1.25 bits per heavy atom. The molecule has 6 nitrogen and oxygen atoms in total. The van der Waals surface area contributed by atoms with Crippen molar-refractivity contribution in [2.45, 2.75) is 32.7 Å². The van der Waals surface area contributed by atoms with E-state index < -0.39 is 0 Å². The highest BCUT2D eigenvalue weighted by Gasteiger charge is 2.09. The van der Waals surface area contributed by atoms with Gasteiger partial charge in [-0.2, -0.15) is 0 Å². The molecule has 2 aromatic rings. The molecule has 130 valence electrons. The third-order valence-electron chi connectivity index (χ3n) is 3.08. The van der Waals surface area contributed by atoms with Crippen LogP contribution in [0.25, 0.3) is 11.3 Å². The number of halogens is 1. The van der Waals surface area contributed by atoms with Crippen LogP contribution in [0.2, 0.25) is 0 Å². The van der Waals surface area contributed by atoms with Crippen molar-refractivity contribution >= 4 is 46.4 Å². The second kappa shape index (κ2) is 9.36. The van der Waals surface area contributed by atoms with E-state index in [1.807, 2.05) is 36.6 Å². The molecule has 24 heavy (non-hydrogen) atoms. The molecule has 0 spiro atoms. The Hall–Kier alpha value is -1.96. The molecule has 8 heteroatoms. The second-order valence-corrected chi connectivity index (χ2v) is 6.22. The molecule has 0 aliphatic rings. The molecule has 4 N–H and O–H groups in total.